The topological polar surface area (TPSA) is 87.6 Å². The van der Waals surface area contributed by atoms with E-state index < -0.39 is 0 Å². The fourth-order valence-electron chi connectivity index (χ4n) is 1.75. The molecule has 6 heteroatoms. The molecule has 0 fully saturated rings. The van der Waals surface area contributed by atoms with Crippen LogP contribution in [0.4, 0.5) is 11.6 Å². The molecule has 0 aliphatic rings. The highest BCUT2D eigenvalue weighted by Gasteiger charge is 2.11. The number of aryl methyl sites for hydroxylation is 1. The van der Waals surface area contributed by atoms with Gasteiger partial charge in [0.25, 0.3) is 0 Å². The van der Waals surface area contributed by atoms with Gasteiger partial charge in [0, 0.05) is 18.9 Å². The molecule has 2 rings (SSSR count). The van der Waals surface area contributed by atoms with E-state index >= 15 is 0 Å². The molecule has 0 atom stereocenters. The van der Waals surface area contributed by atoms with Gasteiger partial charge in [-0.05, 0) is 24.6 Å². The first-order chi connectivity index (χ1) is 9.13. The highest BCUT2D eigenvalue weighted by molar-refractivity contribution is 5.95. The minimum absolute atomic E-state index is 0.0400. The van der Waals surface area contributed by atoms with Crippen LogP contribution in [0.1, 0.15) is 11.3 Å². The molecule has 0 saturated heterocycles. The van der Waals surface area contributed by atoms with Gasteiger partial charge in [-0.3, -0.25) is 0 Å². The number of amidine groups is 1. The Morgan fingerprint density at radius 1 is 1.32 bits per heavy atom. The third-order valence-electron chi connectivity index (χ3n) is 2.79. The normalized spacial score (nSPS) is 11.4. The van der Waals surface area contributed by atoms with Crippen LogP contribution in [0.15, 0.2) is 41.7 Å². The lowest BCUT2D eigenvalue weighted by atomic mass is 10.2. The fraction of sp³-hybridized carbons (Fsp3) is 0.154. The number of aromatic nitrogens is 2. The highest BCUT2D eigenvalue weighted by Crippen LogP contribution is 2.23. The van der Waals surface area contributed by atoms with Gasteiger partial charge in [-0.25, -0.2) is 9.97 Å². The third-order valence-corrected chi connectivity index (χ3v) is 2.79. The summed E-state index contributed by atoms with van der Waals surface area (Å²) in [7, 11) is 1.87. The first-order valence-electron chi connectivity index (χ1n) is 5.74. The average molecular weight is 257 g/mol. The Kier molecular flexibility index (Phi) is 3.61. The molecule has 0 amide bonds. The minimum Gasteiger partial charge on any atom is -0.409 e. The Bertz CT molecular complexity index is 611. The number of rotatable bonds is 3. The van der Waals surface area contributed by atoms with E-state index in [2.05, 4.69) is 15.1 Å². The molecule has 19 heavy (non-hydrogen) atoms. The zero-order valence-corrected chi connectivity index (χ0v) is 10.8. The standard InChI is InChI=1S/C13H15N5O/c1-9-5-3-4-6-11(9)18(2)13-15-8-7-10(16-13)12(14)17-19/h3-8,19H,1-2H3,(H2,14,17). The van der Waals surface area contributed by atoms with Crippen molar-refractivity contribution in [1.29, 1.82) is 0 Å². The van der Waals surface area contributed by atoms with Crippen LogP contribution in [-0.2, 0) is 0 Å². The van der Waals surface area contributed by atoms with Crippen molar-refractivity contribution in [3.05, 3.63) is 47.8 Å². The quantitative estimate of drug-likeness (QED) is 0.378. The first-order valence-corrected chi connectivity index (χ1v) is 5.74. The monoisotopic (exact) mass is 257 g/mol. The molecule has 1 aromatic heterocycles. The molecule has 0 aliphatic heterocycles. The molecule has 0 bridgehead atoms. The molecule has 2 aromatic rings. The number of nitrogens with zero attached hydrogens (tertiary/aromatic N) is 4. The Hall–Kier alpha value is -2.63. The number of anilines is 2. The molecule has 0 spiro atoms. The maximum atomic E-state index is 8.67. The smallest absolute Gasteiger partial charge is 0.230 e. The Labute approximate surface area is 111 Å². The molecule has 1 aromatic carbocycles. The summed E-state index contributed by atoms with van der Waals surface area (Å²) in [4.78, 5) is 10.3. The lowest BCUT2D eigenvalue weighted by molar-refractivity contribution is 0.318. The Balaban J connectivity index is 2.40. The fourth-order valence-corrected chi connectivity index (χ4v) is 1.75. The van der Waals surface area contributed by atoms with Crippen molar-refractivity contribution in [3.8, 4) is 0 Å². The second-order valence-electron chi connectivity index (χ2n) is 4.07. The molecule has 0 unspecified atom stereocenters. The van der Waals surface area contributed by atoms with Gasteiger partial charge in [0.2, 0.25) is 5.95 Å². The van der Waals surface area contributed by atoms with Gasteiger partial charge in [0.05, 0.1) is 0 Å². The highest BCUT2D eigenvalue weighted by atomic mass is 16.4. The summed E-state index contributed by atoms with van der Waals surface area (Å²) >= 11 is 0. The molecular weight excluding hydrogens is 242 g/mol. The van der Waals surface area contributed by atoms with Gasteiger partial charge in [-0.15, -0.1) is 0 Å². The van der Waals surface area contributed by atoms with Crippen LogP contribution in [0.25, 0.3) is 0 Å². The van der Waals surface area contributed by atoms with Crippen molar-refractivity contribution in [2.24, 2.45) is 10.9 Å². The van der Waals surface area contributed by atoms with Crippen molar-refractivity contribution >= 4 is 17.5 Å². The Morgan fingerprint density at radius 2 is 2.05 bits per heavy atom. The van der Waals surface area contributed by atoms with E-state index in [4.69, 9.17) is 10.9 Å². The van der Waals surface area contributed by atoms with Crippen LogP contribution in [0.2, 0.25) is 0 Å². The maximum absolute atomic E-state index is 8.67. The van der Waals surface area contributed by atoms with Crippen molar-refractivity contribution < 1.29 is 5.21 Å². The zero-order chi connectivity index (χ0) is 13.8. The predicted molar refractivity (Wildman–Crippen MR) is 73.8 cm³/mol. The van der Waals surface area contributed by atoms with Crippen LogP contribution >= 0.6 is 0 Å². The van der Waals surface area contributed by atoms with Crippen molar-refractivity contribution in [3.63, 3.8) is 0 Å². The summed E-state index contributed by atoms with van der Waals surface area (Å²) < 4.78 is 0. The summed E-state index contributed by atoms with van der Waals surface area (Å²) in [6.45, 7) is 2.01. The van der Waals surface area contributed by atoms with Gasteiger partial charge in [0.15, 0.2) is 5.84 Å². The largest absolute Gasteiger partial charge is 0.409 e. The number of hydrogen-bond donors (Lipinski definition) is 2. The number of hydrogen-bond acceptors (Lipinski definition) is 5. The molecular formula is C13H15N5O. The van der Waals surface area contributed by atoms with Crippen LogP contribution in [0, 0.1) is 6.92 Å². The van der Waals surface area contributed by atoms with Gasteiger partial charge >= 0.3 is 0 Å². The average Bonchev–Trinajstić information content (AvgIpc) is 2.46. The molecule has 1 heterocycles. The molecule has 0 saturated carbocycles. The van der Waals surface area contributed by atoms with E-state index in [1.165, 1.54) is 0 Å². The van der Waals surface area contributed by atoms with Gasteiger partial charge in [-0.1, -0.05) is 23.4 Å². The van der Waals surface area contributed by atoms with Crippen LogP contribution in [0.3, 0.4) is 0 Å². The SMILES string of the molecule is Cc1ccccc1N(C)c1nccc(/C(N)=N/O)n1. The van der Waals surface area contributed by atoms with Crippen LogP contribution < -0.4 is 10.6 Å². The molecule has 0 aliphatic carbocycles. The van der Waals surface area contributed by atoms with E-state index in [-0.39, 0.29) is 5.84 Å². The number of para-hydroxylation sites is 1. The lowest BCUT2D eigenvalue weighted by Gasteiger charge is -2.19. The Morgan fingerprint density at radius 3 is 2.74 bits per heavy atom. The molecule has 6 nitrogen and oxygen atoms in total. The summed E-state index contributed by atoms with van der Waals surface area (Å²) in [6.07, 6.45) is 1.57. The first kappa shape index (κ1) is 12.8. The van der Waals surface area contributed by atoms with E-state index in [9.17, 15) is 0 Å². The zero-order valence-electron chi connectivity index (χ0n) is 10.8. The lowest BCUT2D eigenvalue weighted by Crippen LogP contribution is -2.19. The summed E-state index contributed by atoms with van der Waals surface area (Å²) in [5.74, 6) is 0.445. The van der Waals surface area contributed by atoms with Gasteiger partial charge in [0.1, 0.15) is 5.69 Å². The number of oxime groups is 1. The summed E-state index contributed by atoms with van der Waals surface area (Å²) in [5.41, 5.74) is 8.02. The van der Waals surface area contributed by atoms with Crippen molar-refractivity contribution in [2.75, 3.05) is 11.9 Å². The second-order valence-corrected chi connectivity index (χ2v) is 4.07. The van der Waals surface area contributed by atoms with E-state index in [1.54, 1.807) is 12.3 Å². The van der Waals surface area contributed by atoms with Gasteiger partial charge < -0.3 is 15.8 Å². The maximum Gasteiger partial charge on any atom is 0.230 e. The predicted octanol–water partition coefficient (Wildman–Crippen LogP) is 1.65. The van der Waals surface area contributed by atoms with E-state index in [0.29, 0.717) is 11.6 Å². The molecule has 3 N–H and O–H groups in total. The van der Waals surface area contributed by atoms with Crippen molar-refractivity contribution in [2.45, 2.75) is 6.92 Å². The van der Waals surface area contributed by atoms with Crippen LogP contribution in [-0.4, -0.2) is 28.1 Å². The summed E-state index contributed by atoms with van der Waals surface area (Å²) in [5, 5.41) is 11.6. The van der Waals surface area contributed by atoms with Gasteiger partial charge in [-0.2, -0.15) is 0 Å². The second kappa shape index (κ2) is 5.34. The molecule has 0 radical (unpaired) electrons. The third kappa shape index (κ3) is 2.62. The van der Waals surface area contributed by atoms with E-state index in [0.717, 1.165) is 11.3 Å². The summed E-state index contributed by atoms with van der Waals surface area (Å²) in [6, 6.07) is 9.50. The number of benzene rings is 1. The minimum atomic E-state index is -0.0400. The van der Waals surface area contributed by atoms with Crippen molar-refractivity contribution in [1.82, 2.24) is 9.97 Å². The molecule has 98 valence electrons. The van der Waals surface area contributed by atoms with Crippen LogP contribution in [0.5, 0.6) is 0 Å². The van der Waals surface area contributed by atoms with E-state index in [1.807, 2.05) is 43.1 Å². The number of nitrogens with two attached hydrogens (primary N) is 1.